The van der Waals surface area contributed by atoms with Gasteiger partial charge in [0.15, 0.2) is 0 Å². The van der Waals surface area contributed by atoms with E-state index in [4.69, 9.17) is 11.6 Å². The van der Waals surface area contributed by atoms with Crippen LogP contribution >= 0.6 is 11.6 Å². The van der Waals surface area contributed by atoms with E-state index in [1.165, 1.54) is 0 Å². The van der Waals surface area contributed by atoms with Gasteiger partial charge in [-0.05, 0) is 55.0 Å². The molecule has 3 aromatic rings. The molecular formula is C21H20ClN3O2. The summed E-state index contributed by atoms with van der Waals surface area (Å²) in [6.45, 7) is 0. The number of fused-ring (bicyclic) bond motifs is 1. The van der Waals surface area contributed by atoms with Crippen molar-refractivity contribution in [3.63, 3.8) is 0 Å². The van der Waals surface area contributed by atoms with Crippen LogP contribution in [0.15, 0.2) is 48.7 Å². The van der Waals surface area contributed by atoms with Crippen LogP contribution in [-0.2, 0) is 6.42 Å². The molecule has 1 saturated carbocycles. The normalized spacial score (nSPS) is 19.3. The van der Waals surface area contributed by atoms with E-state index in [0.29, 0.717) is 17.3 Å². The number of carbonyl (C=O) groups excluding carboxylic acids is 1. The molecule has 0 radical (unpaired) electrons. The predicted octanol–water partition coefficient (Wildman–Crippen LogP) is 3.52. The van der Waals surface area contributed by atoms with E-state index in [0.717, 1.165) is 41.3 Å². The lowest BCUT2D eigenvalue weighted by Crippen LogP contribution is -2.40. The number of nitrogens with one attached hydrogen (secondary N) is 1. The second-order valence-corrected chi connectivity index (χ2v) is 7.32. The molecule has 4 rings (SSSR count). The second-order valence-electron chi connectivity index (χ2n) is 6.93. The number of para-hydroxylation sites is 1. The summed E-state index contributed by atoms with van der Waals surface area (Å²) in [5.74, 6) is -0.248. The highest BCUT2D eigenvalue weighted by Crippen LogP contribution is 2.23. The molecule has 2 N–H and O–H groups in total. The van der Waals surface area contributed by atoms with E-state index in [9.17, 15) is 9.90 Å². The molecule has 138 valence electrons. The predicted molar refractivity (Wildman–Crippen MR) is 105 cm³/mol. The first-order valence-electron chi connectivity index (χ1n) is 9.08. The van der Waals surface area contributed by atoms with E-state index < -0.39 is 6.10 Å². The standard InChI is InChI=1S/C21H20ClN3O2/c22-20-9-8-13(12-23-20)10-14-11-18(24-16-5-2-1-4-15(14)16)21(27)25-17-6-3-7-19(17)26/h1-2,4-5,8-9,11-12,17,19,26H,3,6-7,10H2,(H,25,27)/t17-,19-/m0/s1. The van der Waals surface area contributed by atoms with E-state index in [2.05, 4.69) is 15.3 Å². The number of amides is 1. The minimum absolute atomic E-state index is 0.199. The Labute approximate surface area is 162 Å². The van der Waals surface area contributed by atoms with Gasteiger partial charge < -0.3 is 10.4 Å². The van der Waals surface area contributed by atoms with Gasteiger partial charge in [-0.3, -0.25) is 4.79 Å². The van der Waals surface area contributed by atoms with Crippen LogP contribution in [-0.4, -0.2) is 33.1 Å². The fraction of sp³-hybridized carbons (Fsp3) is 0.286. The fourth-order valence-corrected chi connectivity index (χ4v) is 3.70. The SMILES string of the molecule is O=C(N[C@H]1CCC[C@@H]1O)c1cc(Cc2ccc(Cl)nc2)c2ccccc2n1. The average molecular weight is 382 g/mol. The van der Waals surface area contributed by atoms with Crippen molar-refractivity contribution in [2.24, 2.45) is 0 Å². The number of hydrogen-bond donors (Lipinski definition) is 2. The number of benzene rings is 1. The summed E-state index contributed by atoms with van der Waals surface area (Å²) in [5, 5.41) is 14.4. The third-order valence-corrected chi connectivity index (χ3v) is 5.24. The maximum atomic E-state index is 12.7. The third kappa shape index (κ3) is 3.94. The Hall–Kier alpha value is -2.50. The van der Waals surface area contributed by atoms with Crippen molar-refractivity contribution in [2.75, 3.05) is 0 Å². The molecule has 0 spiro atoms. The van der Waals surface area contributed by atoms with Gasteiger partial charge in [0, 0.05) is 11.6 Å². The zero-order chi connectivity index (χ0) is 18.8. The first-order chi connectivity index (χ1) is 13.1. The Morgan fingerprint density at radius 3 is 2.81 bits per heavy atom. The molecule has 1 aliphatic carbocycles. The molecule has 1 aliphatic rings. The summed E-state index contributed by atoms with van der Waals surface area (Å²) in [6, 6.07) is 13.1. The Bertz CT molecular complexity index is 975. The van der Waals surface area contributed by atoms with Gasteiger partial charge in [-0.25, -0.2) is 9.97 Å². The molecule has 0 unspecified atom stereocenters. The van der Waals surface area contributed by atoms with Crippen molar-refractivity contribution in [2.45, 2.75) is 37.8 Å². The zero-order valence-corrected chi connectivity index (χ0v) is 15.5. The van der Waals surface area contributed by atoms with Crippen LogP contribution in [0.2, 0.25) is 5.15 Å². The molecular weight excluding hydrogens is 362 g/mol. The lowest BCUT2D eigenvalue weighted by atomic mass is 10.0. The quantitative estimate of drug-likeness (QED) is 0.678. The first kappa shape index (κ1) is 17.9. The number of aromatic nitrogens is 2. The molecule has 0 bridgehead atoms. The maximum Gasteiger partial charge on any atom is 0.270 e. The van der Waals surface area contributed by atoms with E-state index in [-0.39, 0.29) is 11.9 Å². The fourth-order valence-electron chi connectivity index (χ4n) is 3.59. The maximum absolute atomic E-state index is 12.7. The van der Waals surface area contributed by atoms with Gasteiger partial charge in [0.05, 0.1) is 17.7 Å². The second kappa shape index (κ2) is 7.62. The molecule has 2 aromatic heterocycles. The molecule has 27 heavy (non-hydrogen) atoms. The molecule has 5 nitrogen and oxygen atoms in total. The highest BCUT2D eigenvalue weighted by Gasteiger charge is 2.27. The van der Waals surface area contributed by atoms with Gasteiger partial charge in [0.1, 0.15) is 10.8 Å². The minimum Gasteiger partial charge on any atom is -0.391 e. The van der Waals surface area contributed by atoms with E-state index in [1.807, 2.05) is 36.4 Å². The van der Waals surface area contributed by atoms with Gasteiger partial charge in [-0.15, -0.1) is 0 Å². The van der Waals surface area contributed by atoms with Gasteiger partial charge in [-0.2, -0.15) is 0 Å². The Kier molecular flexibility index (Phi) is 5.05. The summed E-state index contributed by atoms with van der Waals surface area (Å²) < 4.78 is 0. The monoisotopic (exact) mass is 381 g/mol. The summed E-state index contributed by atoms with van der Waals surface area (Å²) in [6.07, 6.45) is 4.33. The molecule has 0 saturated heterocycles. The number of rotatable bonds is 4. The van der Waals surface area contributed by atoms with Crippen molar-refractivity contribution in [3.8, 4) is 0 Å². The number of pyridine rings is 2. The van der Waals surface area contributed by atoms with Crippen molar-refractivity contribution in [3.05, 3.63) is 70.6 Å². The van der Waals surface area contributed by atoms with Gasteiger partial charge in [0.25, 0.3) is 5.91 Å². The van der Waals surface area contributed by atoms with Crippen LogP contribution in [0.25, 0.3) is 10.9 Å². The number of aliphatic hydroxyl groups excluding tert-OH is 1. The smallest absolute Gasteiger partial charge is 0.270 e. The number of nitrogens with zero attached hydrogens (tertiary/aromatic N) is 2. The average Bonchev–Trinajstić information content (AvgIpc) is 3.08. The lowest BCUT2D eigenvalue weighted by Gasteiger charge is -2.17. The summed E-state index contributed by atoms with van der Waals surface area (Å²) >= 11 is 5.87. The largest absolute Gasteiger partial charge is 0.391 e. The summed E-state index contributed by atoms with van der Waals surface area (Å²) in [7, 11) is 0. The molecule has 1 aromatic carbocycles. The third-order valence-electron chi connectivity index (χ3n) is 5.01. The number of hydrogen-bond acceptors (Lipinski definition) is 4. The molecule has 0 aliphatic heterocycles. The van der Waals surface area contributed by atoms with Crippen molar-refractivity contribution >= 4 is 28.4 Å². The van der Waals surface area contributed by atoms with E-state index >= 15 is 0 Å². The number of aliphatic hydroxyl groups is 1. The molecule has 1 fully saturated rings. The van der Waals surface area contributed by atoms with Crippen LogP contribution in [0.4, 0.5) is 0 Å². The highest BCUT2D eigenvalue weighted by atomic mass is 35.5. The Morgan fingerprint density at radius 1 is 1.22 bits per heavy atom. The summed E-state index contributed by atoms with van der Waals surface area (Å²) in [4.78, 5) is 21.4. The first-order valence-corrected chi connectivity index (χ1v) is 9.46. The molecule has 1 amide bonds. The Morgan fingerprint density at radius 2 is 2.07 bits per heavy atom. The van der Waals surface area contributed by atoms with Gasteiger partial charge in [-0.1, -0.05) is 35.9 Å². The van der Waals surface area contributed by atoms with Crippen molar-refractivity contribution < 1.29 is 9.90 Å². The number of halogens is 1. The van der Waals surface area contributed by atoms with Crippen LogP contribution in [0.5, 0.6) is 0 Å². The number of carbonyl (C=O) groups is 1. The zero-order valence-electron chi connectivity index (χ0n) is 14.7. The van der Waals surface area contributed by atoms with Crippen LogP contribution in [0, 0.1) is 0 Å². The minimum atomic E-state index is -0.478. The summed E-state index contributed by atoms with van der Waals surface area (Å²) in [5.41, 5.74) is 3.15. The Balaban J connectivity index is 1.67. The topological polar surface area (TPSA) is 75.1 Å². The van der Waals surface area contributed by atoms with Crippen molar-refractivity contribution in [1.29, 1.82) is 0 Å². The molecule has 6 heteroatoms. The van der Waals surface area contributed by atoms with Gasteiger partial charge >= 0.3 is 0 Å². The highest BCUT2D eigenvalue weighted by molar-refractivity contribution is 6.29. The van der Waals surface area contributed by atoms with Crippen LogP contribution in [0.1, 0.15) is 40.9 Å². The van der Waals surface area contributed by atoms with Crippen molar-refractivity contribution in [1.82, 2.24) is 15.3 Å². The van der Waals surface area contributed by atoms with Gasteiger partial charge in [0.2, 0.25) is 0 Å². The van der Waals surface area contributed by atoms with Crippen LogP contribution in [0.3, 0.4) is 0 Å². The molecule has 2 heterocycles. The molecule has 2 atom stereocenters. The van der Waals surface area contributed by atoms with Crippen LogP contribution < -0.4 is 5.32 Å². The van der Waals surface area contributed by atoms with E-state index in [1.54, 1.807) is 12.3 Å². The lowest BCUT2D eigenvalue weighted by molar-refractivity contribution is 0.0868.